The number of imide groups is 1. The fraction of sp³-hybridized carbons (Fsp3) is 0.188. The van der Waals surface area contributed by atoms with Gasteiger partial charge >= 0.3 is 0 Å². The number of hydrogen-bond donors (Lipinski definition) is 1. The van der Waals surface area contributed by atoms with Crippen molar-refractivity contribution >= 4 is 50.9 Å². The zero-order valence-electron chi connectivity index (χ0n) is 13.1. The van der Waals surface area contributed by atoms with Gasteiger partial charge in [-0.2, -0.15) is 0 Å². The zero-order chi connectivity index (χ0) is 18.2. The van der Waals surface area contributed by atoms with Crippen LogP contribution in [0.25, 0.3) is 0 Å². The van der Waals surface area contributed by atoms with Gasteiger partial charge in [0.05, 0.1) is 15.7 Å². The Labute approximate surface area is 145 Å². The van der Waals surface area contributed by atoms with E-state index in [4.69, 9.17) is 0 Å². The van der Waals surface area contributed by atoms with Gasteiger partial charge in [0.15, 0.2) is 0 Å². The van der Waals surface area contributed by atoms with Crippen molar-refractivity contribution < 1.29 is 24.0 Å². The van der Waals surface area contributed by atoms with Gasteiger partial charge in [-0.3, -0.25) is 24.0 Å². The number of rotatable bonds is 2. The summed E-state index contributed by atoms with van der Waals surface area (Å²) in [5.74, 6) is -3.08. The van der Waals surface area contributed by atoms with Crippen LogP contribution in [0.4, 0.5) is 5.69 Å². The Morgan fingerprint density at radius 1 is 1.00 bits per heavy atom. The summed E-state index contributed by atoms with van der Waals surface area (Å²) in [4.78, 5) is 60.9. The quantitative estimate of drug-likeness (QED) is 0.829. The monoisotopic (exact) mass is 392 g/mol. The van der Waals surface area contributed by atoms with Gasteiger partial charge in [0.25, 0.3) is 0 Å². The van der Waals surface area contributed by atoms with Crippen LogP contribution in [0.5, 0.6) is 0 Å². The fourth-order valence-corrected chi connectivity index (χ4v) is 3.03. The normalized spacial score (nSPS) is 13.5. The number of allylic oxidation sites excluding steroid dienone is 2. The summed E-state index contributed by atoms with van der Waals surface area (Å²) in [7, 11) is 0. The highest BCUT2D eigenvalue weighted by atomic mass is 79.9. The van der Waals surface area contributed by atoms with Crippen molar-refractivity contribution in [3.63, 3.8) is 0 Å². The van der Waals surface area contributed by atoms with Crippen LogP contribution in [0.2, 0.25) is 0 Å². The van der Waals surface area contributed by atoms with E-state index < -0.39 is 29.3 Å². The molecule has 0 atom stereocenters. The van der Waals surface area contributed by atoms with Crippen molar-refractivity contribution in [3.05, 3.63) is 39.5 Å². The van der Waals surface area contributed by atoms with Gasteiger partial charge < -0.3 is 5.32 Å². The number of nitrogens with zero attached hydrogens (tertiary/aromatic N) is 1. The van der Waals surface area contributed by atoms with Crippen LogP contribution in [0.3, 0.4) is 0 Å². The molecule has 8 heteroatoms. The number of halogens is 1. The Balaban J connectivity index is 2.73. The van der Waals surface area contributed by atoms with E-state index in [9.17, 15) is 24.0 Å². The van der Waals surface area contributed by atoms with Gasteiger partial charge in [-0.1, -0.05) is 12.1 Å². The molecule has 0 fully saturated rings. The molecule has 0 spiro atoms. The molecular weight excluding hydrogens is 380 g/mol. The van der Waals surface area contributed by atoms with Crippen LogP contribution in [-0.2, 0) is 14.4 Å². The predicted octanol–water partition coefficient (Wildman–Crippen LogP) is 2.03. The molecule has 1 aliphatic carbocycles. The van der Waals surface area contributed by atoms with E-state index in [1.807, 2.05) is 0 Å². The van der Waals surface area contributed by atoms with Crippen molar-refractivity contribution in [1.82, 2.24) is 4.90 Å². The minimum atomic E-state index is -0.703. The average molecular weight is 393 g/mol. The van der Waals surface area contributed by atoms with E-state index in [0.717, 1.165) is 13.8 Å². The highest BCUT2D eigenvalue weighted by Gasteiger charge is 2.38. The van der Waals surface area contributed by atoms with Crippen LogP contribution in [0, 0.1) is 0 Å². The van der Waals surface area contributed by atoms with Gasteiger partial charge in [-0.25, -0.2) is 4.90 Å². The largest absolute Gasteiger partial charge is 0.326 e. The first kappa shape index (κ1) is 17.7. The first-order valence-corrected chi connectivity index (χ1v) is 7.67. The van der Waals surface area contributed by atoms with Crippen molar-refractivity contribution in [3.8, 4) is 0 Å². The fourth-order valence-electron chi connectivity index (χ4n) is 2.46. The van der Waals surface area contributed by atoms with Gasteiger partial charge in [0, 0.05) is 26.3 Å². The molecule has 1 aliphatic rings. The Morgan fingerprint density at radius 2 is 1.58 bits per heavy atom. The summed E-state index contributed by atoms with van der Waals surface area (Å²) in [5, 5.41) is 2.48. The number of nitrogens with one attached hydrogen (secondary N) is 1. The molecule has 1 aromatic rings. The van der Waals surface area contributed by atoms with Crippen LogP contribution < -0.4 is 5.32 Å². The molecule has 0 saturated carbocycles. The maximum atomic E-state index is 12.9. The van der Waals surface area contributed by atoms with E-state index in [0.29, 0.717) is 4.90 Å². The lowest BCUT2D eigenvalue weighted by molar-refractivity contribution is -0.139. The summed E-state index contributed by atoms with van der Waals surface area (Å²) in [6.07, 6.45) is 0. The van der Waals surface area contributed by atoms with Crippen molar-refractivity contribution in [2.75, 3.05) is 5.32 Å². The maximum absolute atomic E-state index is 12.9. The molecule has 124 valence electrons. The molecule has 7 nitrogen and oxygen atoms in total. The Bertz CT molecular complexity index is 827. The molecular formula is C16H13BrN2O5. The summed E-state index contributed by atoms with van der Waals surface area (Å²) < 4.78 is -0.176. The standard InChI is InChI=1S/C16H13BrN2O5/c1-7(20)18-11-6-4-5-10-12(11)16(24)14(13(17)15(10)23)19(8(2)21)9(3)22/h4-6H,1-3H3,(H,18,20). The number of carbonyl (C=O) groups is 5. The smallest absolute Gasteiger partial charge is 0.230 e. The molecule has 0 unspecified atom stereocenters. The van der Waals surface area contributed by atoms with Gasteiger partial charge in [0.1, 0.15) is 5.70 Å². The summed E-state index contributed by atoms with van der Waals surface area (Å²) in [5.41, 5.74) is -0.189. The molecule has 0 radical (unpaired) electrons. The van der Waals surface area contributed by atoms with Gasteiger partial charge in [0.2, 0.25) is 29.3 Å². The third kappa shape index (κ3) is 2.92. The molecule has 0 bridgehead atoms. The molecule has 1 aromatic carbocycles. The SMILES string of the molecule is CC(=O)Nc1cccc2c1C(=O)C(N(C(C)=O)C(C)=O)=C(Br)C2=O. The van der Waals surface area contributed by atoms with E-state index in [-0.39, 0.29) is 27.0 Å². The number of amides is 3. The highest BCUT2D eigenvalue weighted by molar-refractivity contribution is 9.12. The Kier molecular flexibility index (Phi) is 4.79. The second-order valence-electron chi connectivity index (χ2n) is 5.10. The third-order valence-electron chi connectivity index (χ3n) is 3.32. The lowest BCUT2D eigenvalue weighted by Crippen LogP contribution is -2.39. The average Bonchev–Trinajstić information content (AvgIpc) is 2.47. The van der Waals surface area contributed by atoms with Crippen LogP contribution in [0.1, 0.15) is 41.5 Å². The van der Waals surface area contributed by atoms with Gasteiger partial charge in [-0.05, 0) is 22.0 Å². The topological polar surface area (TPSA) is 101 Å². The molecule has 1 N–H and O–H groups in total. The first-order chi connectivity index (χ1) is 11.2. The highest BCUT2D eigenvalue weighted by Crippen LogP contribution is 2.35. The molecule has 3 amide bonds. The lowest BCUT2D eigenvalue weighted by atomic mass is 9.90. The van der Waals surface area contributed by atoms with E-state index in [1.54, 1.807) is 0 Å². The Hall–Kier alpha value is -2.61. The number of Topliss-reactive ketones (excluding diaryl/α,β-unsaturated/α-hetero) is 2. The summed E-state index contributed by atoms with van der Waals surface area (Å²) in [6.45, 7) is 3.49. The number of fused-ring (bicyclic) bond motifs is 1. The molecule has 0 aliphatic heterocycles. The second-order valence-corrected chi connectivity index (χ2v) is 5.90. The van der Waals surface area contributed by atoms with Crippen molar-refractivity contribution in [1.29, 1.82) is 0 Å². The summed E-state index contributed by atoms with van der Waals surface area (Å²) >= 11 is 3.02. The second kappa shape index (κ2) is 6.48. The van der Waals surface area contributed by atoms with Gasteiger partial charge in [-0.15, -0.1) is 0 Å². The predicted molar refractivity (Wildman–Crippen MR) is 88.6 cm³/mol. The van der Waals surface area contributed by atoms with Crippen LogP contribution in [-0.4, -0.2) is 34.2 Å². The zero-order valence-corrected chi connectivity index (χ0v) is 14.7. The van der Waals surface area contributed by atoms with E-state index >= 15 is 0 Å². The maximum Gasteiger partial charge on any atom is 0.230 e. The third-order valence-corrected chi connectivity index (χ3v) is 4.06. The molecule has 24 heavy (non-hydrogen) atoms. The lowest BCUT2D eigenvalue weighted by Gasteiger charge is -2.26. The van der Waals surface area contributed by atoms with E-state index in [2.05, 4.69) is 21.2 Å². The number of benzene rings is 1. The minimum Gasteiger partial charge on any atom is -0.326 e. The number of hydrogen-bond acceptors (Lipinski definition) is 5. The van der Waals surface area contributed by atoms with Crippen molar-refractivity contribution in [2.24, 2.45) is 0 Å². The number of anilines is 1. The Morgan fingerprint density at radius 3 is 2.08 bits per heavy atom. The summed E-state index contributed by atoms with van der Waals surface area (Å²) in [6, 6.07) is 4.42. The minimum absolute atomic E-state index is 0.0524. The van der Waals surface area contributed by atoms with E-state index in [1.165, 1.54) is 25.1 Å². The number of ketones is 2. The molecule has 2 rings (SSSR count). The van der Waals surface area contributed by atoms with Crippen molar-refractivity contribution in [2.45, 2.75) is 20.8 Å². The molecule has 0 heterocycles. The molecule has 0 aromatic heterocycles. The molecule has 0 saturated heterocycles. The van der Waals surface area contributed by atoms with Crippen LogP contribution in [0.15, 0.2) is 28.4 Å². The number of carbonyl (C=O) groups excluding carboxylic acids is 5. The first-order valence-electron chi connectivity index (χ1n) is 6.87. The van der Waals surface area contributed by atoms with Crippen LogP contribution >= 0.6 is 15.9 Å².